The number of fused-ring (bicyclic) bond motifs is 2. The summed E-state index contributed by atoms with van der Waals surface area (Å²) in [4.78, 5) is 39.5. The minimum absolute atomic E-state index is 0.0205. The van der Waals surface area contributed by atoms with Gasteiger partial charge in [-0.3, -0.25) is 14.4 Å². The molecule has 6 fully saturated rings. The fourth-order valence-corrected chi connectivity index (χ4v) is 8.09. The topological polar surface area (TPSA) is 69.7 Å². The summed E-state index contributed by atoms with van der Waals surface area (Å²) in [6, 6.07) is 0. The Labute approximate surface area is 176 Å². The predicted octanol–water partition coefficient (Wildman–Crippen LogP) is 3.82. The van der Waals surface area contributed by atoms with Gasteiger partial charge >= 0.3 is 11.9 Å². The standard InChI is InChI=1S/C23H29ClO5/c1-13-14-4-8-23(19(13)26)16(10-14)22-7-3-6-21(2,12-28-20(22)27)15(22)11-17(23)29-18(25)5-9-24/h14-17H,1,3-12H2,2H3/t14-,15?,16?,17+,21-,22?,23+/m0/s1. The van der Waals surface area contributed by atoms with Gasteiger partial charge in [-0.15, -0.1) is 11.6 Å². The van der Waals surface area contributed by atoms with Crippen molar-refractivity contribution in [3.05, 3.63) is 12.2 Å². The number of carbonyl (C=O) groups excluding carboxylic acids is 3. The molecule has 1 saturated heterocycles. The molecule has 3 unspecified atom stereocenters. The molecule has 0 amide bonds. The van der Waals surface area contributed by atoms with Gasteiger partial charge in [0.25, 0.3) is 0 Å². The lowest BCUT2D eigenvalue weighted by molar-refractivity contribution is -0.257. The van der Waals surface area contributed by atoms with Crippen LogP contribution in [0.15, 0.2) is 12.2 Å². The van der Waals surface area contributed by atoms with Crippen LogP contribution in [0.1, 0.15) is 58.3 Å². The highest BCUT2D eigenvalue weighted by Gasteiger charge is 2.76. The van der Waals surface area contributed by atoms with Crippen molar-refractivity contribution < 1.29 is 23.9 Å². The minimum atomic E-state index is -0.834. The highest BCUT2D eigenvalue weighted by atomic mass is 35.5. The van der Waals surface area contributed by atoms with Crippen LogP contribution in [0.4, 0.5) is 0 Å². The van der Waals surface area contributed by atoms with E-state index >= 15 is 0 Å². The number of halogens is 1. The third-order valence-electron chi connectivity index (χ3n) is 9.19. The monoisotopic (exact) mass is 420 g/mol. The van der Waals surface area contributed by atoms with Crippen LogP contribution in [0.5, 0.6) is 0 Å². The second kappa shape index (κ2) is 6.32. The van der Waals surface area contributed by atoms with E-state index in [-0.39, 0.29) is 53.2 Å². The molecule has 1 aliphatic heterocycles. The molecule has 1 spiro atoms. The molecular weight excluding hydrogens is 392 g/mol. The molecule has 5 aliphatic carbocycles. The van der Waals surface area contributed by atoms with E-state index in [0.29, 0.717) is 25.0 Å². The Morgan fingerprint density at radius 2 is 2.00 bits per heavy atom. The number of ketones is 1. The van der Waals surface area contributed by atoms with Crippen molar-refractivity contribution in [3.8, 4) is 0 Å². The first-order valence-electron chi connectivity index (χ1n) is 11.0. The summed E-state index contributed by atoms with van der Waals surface area (Å²) in [5, 5.41) is 0. The van der Waals surface area contributed by atoms with Gasteiger partial charge in [0.05, 0.1) is 23.9 Å². The number of cyclic esters (lactones) is 1. The van der Waals surface area contributed by atoms with Gasteiger partial charge in [0.2, 0.25) is 0 Å². The van der Waals surface area contributed by atoms with E-state index in [9.17, 15) is 14.4 Å². The second-order valence-electron chi connectivity index (χ2n) is 10.2. The van der Waals surface area contributed by atoms with Crippen LogP contribution in [0, 0.1) is 34.0 Å². The Kier molecular flexibility index (Phi) is 4.27. The molecule has 0 N–H and O–H groups in total. The second-order valence-corrected chi connectivity index (χ2v) is 10.6. The quantitative estimate of drug-likeness (QED) is 0.394. The predicted molar refractivity (Wildman–Crippen MR) is 106 cm³/mol. The largest absolute Gasteiger partial charge is 0.465 e. The maximum atomic E-state index is 13.6. The van der Waals surface area contributed by atoms with Gasteiger partial charge in [-0.25, -0.2) is 0 Å². The lowest BCUT2D eigenvalue weighted by Gasteiger charge is -2.69. The number of carbonyl (C=O) groups is 3. The van der Waals surface area contributed by atoms with E-state index in [1.54, 1.807) is 0 Å². The van der Waals surface area contributed by atoms with Gasteiger partial charge in [0.15, 0.2) is 5.78 Å². The number of allylic oxidation sites excluding steroid dienone is 1. The molecule has 0 aromatic carbocycles. The molecule has 5 nitrogen and oxygen atoms in total. The van der Waals surface area contributed by atoms with Gasteiger partial charge in [-0.05, 0) is 61.9 Å². The summed E-state index contributed by atoms with van der Waals surface area (Å²) >= 11 is 5.77. The molecule has 0 aromatic heterocycles. The minimum Gasteiger partial charge on any atom is -0.465 e. The highest BCUT2D eigenvalue weighted by molar-refractivity contribution is 6.18. The third-order valence-corrected chi connectivity index (χ3v) is 9.38. The Bertz CT molecular complexity index is 807. The molecule has 158 valence electrons. The number of Topliss-reactive ketones (excluding diaryl/α,β-unsaturated/α-hetero) is 1. The van der Waals surface area contributed by atoms with E-state index in [1.807, 2.05) is 0 Å². The fourth-order valence-electron chi connectivity index (χ4n) is 7.94. The molecule has 0 aromatic rings. The van der Waals surface area contributed by atoms with Crippen LogP contribution in [-0.4, -0.2) is 36.3 Å². The number of ether oxygens (including phenoxy) is 2. The SMILES string of the molecule is C=C1C(=O)[C@]23CC[C@H]1CC2C12CCC[C@@](C)(COC1=O)C2C[C@H]3OC(=O)CCCl. The van der Waals surface area contributed by atoms with Crippen LogP contribution >= 0.6 is 11.6 Å². The molecule has 5 saturated carbocycles. The molecule has 29 heavy (non-hydrogen) atoms. The van der Waals surface area contributed by atoms with Gasteiger partial charge in [-0.1, -0.05) is 19.9 Å². The Morgan fingerprint density at radius 3 is 2.76 bits per heavy atom. The highest BCUT2D eigenvalue weighted by Crippen LogP contribution is 2.73. The van der Waals surface area contributed by atoms with Crippen LogP contribution in [0.2, 0.25) is 0 Å². The zero-order valence-electron chi connectivity index (χ0n) is 17.0. The average molecular weight is 421 g/mol. The van der Waals surface area contributed by atoms with Crippen LogP contribution in [-0.2, 0) is 23.9 Å². The van der Waals surface area contributed by atoms with Crippen molar-refractivity contribution in [2.45, 2.75) is 64.4 Å². The number of alkyl halides is 1. The maximum absolute atomic E-state index is 13.6. The van der Waals surface area contributed by atoms with Gasteiger partial charge in [0, 0.05) is 11.3 Å². The van der Waals surface area contributed by atoms with Crippen LogP contribution < -0.4 is 0 Å². The maximum Gasteiger partial charge on any atom is 0.312 e. The number of hydrogen-bond acceptors (Lipinski definition) is 5. The lowest BCUT2D eigenvalue weighted by Crippen LogP contribution is -2.73. The van der Waals surface area contributed by atoms with E-state index in [0.717, 1.165) is 32.1 Å². The zero-order chi connectivity index (χ0) is 20.6. The van der Waals surface area contributed by atoms with E-state index < -0.39 is 16.9 Å². The normalized spacial score (nSPS) is 47.9. The Balaban J connectivity index is 1.65. The van der Waals surface area contributed by atoms with Crippen molar-refractivity contribution in [1.29, 1.82) is 0 Å². The van der Waals surface area contributed by atoms with Crippen molar-refractivity contribution in [2.24, 2.45) is 34.0 Å². The fraction of sp³-hybridized carbons (Fsp3) is 0.783. The third kappa shape index (κ3) is 2.31. The Morgan fingerprint density at radius 1 is 1.21 bits per heavy atom. The number of rotatable bonds is 3. The molecule has 4 bridgehead atoms. The van der Waals surface area contributed by atoms with E-state index in [4.69, 9.17) is 21.1 Å². The first kappa shape index (κ1) is 19.6. The van der Waals surface area contributed by atoms with Crippen molar-refractivity contribution >= 4 is 29.3 Å². The summed E-state index contributed by atoms with van der Waals surface area (Å²) in [5.41, 5.74) is -0.931. The molecule has 1 heterocycles. The summed E-state index contributed by atoms with van der Waals surface area (Å²) in [7, 11) is 0. The number of hydrogen-bond donors (Lipinski definition) is 0. The molecule has 6 aliphatic rings. The molecule has 6 rings (SSSR count). The van der Waals surface area contributed by atoms with E-state index in [1.165, 1.54) is 0 Å². The summed E-state index contributed by atoms with van der Waals surface area (Å²) in [5.74, 6) is -0.185. The van der Waals surface area contributed by atoms with Crippen molar-refractivity contribution in [2.75, 3.05) is 12.5 Å². The summed E-state index contributed by atoms with van der Waals surface area (Å²) in [6.07, 6.45) is 5.24. The van der Waals surface area contributed by atoms with Crippen LogP contribution in [0.3, 0.4) is 0 Å². The van der Waals surface area contributed by atoms with Gasteiger partial charge < -0.3 is 9.47 Å². The smallest absolute Gasteiger partial charge is 0.312 e. The Hall–Kier alpha value is -1.36. The van der Waals surface area contributed by atoms with E-state index in [2.05, 4.69) is 13.5 Å². The molecule has 6 heteroatoms. The molecule has 0 radical (unpaired) electrons. The lowest BCUT2D eigenvalue weighted by atomic mass is 9.35. The molecule has 7 atom stereocenters. The van der Waals surface area contributed by atoms with Crippen molar-refractivity contribution in [1.82, 2.24) is 0 Å². The zero-order valence-corrected chi connectivity index (χ0v) is 17.8. The summed E-state index contributed by atoms with van der Waals surface area (Å²) in [6.45, 7) is 6.73. The van der Waals surface area contributed by atoms with Gasteiger partial charge in [-0.2, -0.15) is 0 Å². The van der Waals surface area contributed by atoms with Gasteiger partial charge in [0.1, 0.15) is 6.10 Å². The molecular formula is C23H29ClO5. The first-order valence-corrected chi connectivity index (χ1v) is 11.5. The number of esters is 2. The average Bonchev–Trinajstić information content (AvgIpc) is 2.69. The van der Waals surface area contributed by atoms with Crippen molar-refractivity contribution in [3.63, 3.8) is 0 Å². The summed E-state index contributed by atoms with van der Waals surface area (Å²) < 4.78 is 11.8. The first-order chi connectivity index (χ1) is 13.8. The van der Waals surface area contributed by atoms with Crippen LogP contribution in [0.25, 0.3) is 0 Å².